The maximum absolute atomic E-state index is 12.8. The fourth-order valence-corrected chi connectivity index (χ4v) is 6.67. The minimum atomic E-state index is -1.57. The summed E-state index contributed by atoms with van der Waals surface area (Å²) in [4.78, 5) is 12.8. The molecule has 9 nitrogen and oxygen atoms in total. The molecule has 1 aliphatic heterocycles. The van der Waals surface area contributed by atoms with Crippen molar-refractivity contribution < 1.29 is 39.8 Å². The van der Waals surface area contributed by atoms with Crippen LogP contribution in [0.3, 0.4) is 0 Å². The van der Waals surface area contributed by atoms with Gasteiger partial charge in [0.1, 0.15) is 24.4 Å². The predicted molar refractivity (Wildman–Crippen MR) is 262 cm³/mol. The van der Waals surface area contributed by atoms with E-state index in [4.69, 9.17) is 9.47 Å². The lowest BCUT2D eigenvalue weighted by molar-refractivity contribution is -0.302. The highest BCUT2D eigenvalue weighted by molar-refractivity contribution is 5.76. The zero-order valence-electron chi connectivity index (χ0n) is 39.0. The Labute approximate surface area is 382 Å². The molecule has 0 aromatic rings. The van der Waals surface area contributed by atoms with Gasteiger partial charge < -0.3 is 40.3 Å². The lowest BCUT2D eigenvalue weighted by Gasteiger charge is -2.40. The minimum absolute atomic E-state index is 0.203. The molecule has 9 heteroatoms. The molecule has 1 heterocycles. The fraction of sp³-hybridized carbons (Fsp3) is 0.611. The summed E-state index contributed by atoms with van der Waals surface area (Å²) in [7, 11) is 0. The Morgan fingerprint density at radius 3 is 1.46 bits per heavy atom. The topological polar surface area (TPSA) is 149 Å². The van der Waals surface area contributed by atoms with Gasteiger partial charge in [0.25, 0.3) is 0 Å². The third kappa shape index (κ3) is 32.8. The number of hydrogen-bond donors (Lipinski definition) is 6. The Hall–Kier alpha value is -3.41. The maximum Gasteiger partial charge on any atom is 0.220 e. The molecule has 63 heavy (non-hydrogen) atoms. The molecule has 0 aliphatic carbocycles. The van der Waals surface area contributed by atoms with Crippen LogP contribution in [0, 0.1) is 0 Å². The second-order valence-corrected chi connectivity index (χ2v) is 16.2. The van der Waals surface area contributed by atoms with Gasteiger partial charge >= 0.3 is 0 Å². The van der Waals surface area contributed by atoms with Crippen molar-refractivity contribution in [2.75, 3.05) is 13.2 Å². The SMILES string of the molecule is CC/C=C\C/C=C\C/C=C\C/C=C\C/C=C\C/C=C\C/C=C\C/C=C\C/C=C\CCCCCCCCCC(=O)NC(COC1OC(CO)C(O)C(O)C1O)C(O)/C=C/CCCCC. The Bertz CT molecular complexity index is 1390. The van der Waals surface area contributed by atoms with E-state index in [0.29, 0.717) is 6.42 Å². The van der Waals surface area contributed by atoms with Gasteiger partial charge in [-0.3, -0.25) is 4.79 Å². The average Bonchev–Trinajstić information content (AvgIpc) is 3.28. The van der Waals surface area contributed by atoms with Gasteiger partial charge in [0.15, 0.2) is 6.29 Å². The molecule has 1 rings (SSSR count). The third-order valence-electron chi connectivity index (χ3n) is 10.5. The molecule has 0 radical (unpaired) electrons. The standard InChI is InChI=1S/C54H87NO8/c1-3-5-7-9-10-11-12-13-14-15-16-17-18-19-20-21-22-23-24-25-26-27-28-29-30-31-32-33-34-35-36-37-38-40-42-44-50(58)55-47(48(57)43-41-39-8-6-4-2)46-62-54-53(61)52(60)51(59)49(45-56)63-54/h5,7,10-11,13-14,16-17,19-20,22-23,25-26,28-29,31-32,41,43,47-49,51-54,56-57,59-61H,3-4,6,8-9,12,15,18,21,24,27,30,33-40,42,44-46H2,1-2H3,(H,55,58)/b7-5-,11-10-,14-13-,17-16-,20-19-,23-22-,26-25-,29-28-,32-31-,43-41+. The number of amides is 1. The van der Waals surface area contributed by atoms with Gasteiger partial charge in [0, 0.05) is 6.42 Å². The number of carbonyl (C=O) groups is 1. The zero-order chi connectivity index (χ0) is 45.9. The predicted octanol–water partition coefficient (Wildman–Crippen LogP) is 10.8. The van der Waals surface area contributed by atoms with Crippen molar-refractivity contribution in [3.05, 3.63) is 122 Å². The lowest BCUT2D eigenvalue weighted by Crippen LogP contribution is -2.60. The Kier molecular flexibility index (Phi) is 38.9. The molecule has 0 aromatic carbocycles. The second-order valence-electron chi connectivity index (χ2n) is 16.2. The highest BCUT2D eigenvalue weighted by Gasteiger charge is 2.44. The van der Waals surface area contributed by atoms with E-state index in [1.54, 1.807) is 6.08 Å². The van der Waals surface area contributed by atoms with E-state index in [-0.39, 0.29) is 12.5 Å². The summed E-state index contributed by atoms with van der Waals surface area (Å²) in [6.45, 7) is 3.50. The molecule has 356 valence electrons. The molecule has 0 bridgehead atoms. The molecule has 6 N–H and O–H groups in total. The smallest absolute Gasteiger partial charge is 0.220 e. The number of rotatable bonds is 38. The molecule has 1 aliphatic rings. The largest absolute Gasteiger partial charge is 0.394 e. The zero-order valence-corrected chi connectivity index (χ0v) is 39.0. The van der Waals surface area contributed by atoms with Gasteiger partial charge in [0.2, 0.25) is 5.91 Å². The van der Waals surface area contributed by atoms with Crippen LogP contribution in [0.1, 0.15) is 155 Å². The Morgan fingerprint density at radius 1 is 0.556 bits per heavy atom. The van der Waals surface area contributed by atoms with E-state index < -0.39 is 49.5 Å². The van der Waals surface area contributed by atoms with Crippen molar-refractivity contribution >= 4 is 5.91 Å². The lowest BCUT2D eigenvalue weighted by atomic mass is 9.99. The molecule has 1 fully saturated rings. The molecule has 1 amide bonds. The fourth-order valence-electron chi connectivity index (χ4n) is 6.67. The first-order valence-corrected chi connectivity index (χ1v) is 24.3. The van der Waals surface area contributed by atoms with Crippen LogP contribution in [-0.2, 0) is 14.3 Å². The summed E-state index contributed by atoms with van der Waals surface area (Å²) < 4.78 is 11.1. The first kappa shape index (κ1) is 57.6. The summed E-state index contributed by atoms with van der Waals surface area (Å²) in [6, 6.07) is -0.815. The van der Waals surface area contributed by atoms with Gasteiger partial charge in [-0.2, -0.15) is 0 Å². The molecule has 1 saturated heterocycles. The Balaban J connectivity index is 2.12. The monoisotopic (exact) mass is 878 g/mol. The quantitative estimate of drug-likeness (QED) is 0.0265. The van der Waals surface area contributed by atoms with E-state index >= 15 is 0 Å². The van der Waals surface area contributed by atoms with Crippen LogP contribution in [0.2, 0.25) is 0 Å². The molecular weight excluding hydrogens is 791 g/mol. The number of nitrogens with one attached hydrogen (secondary N) is 1. The number of allylic oxidation sites excluding steroid dienone is 19. The maximum atomic E-state index is 12.8. The first-order valence-electron chi connectivity index (χ1n) is 24.3. The van der Waals surface area contributed by atoms with Crippen LogP contribution in [0.15, 0.2) is 122 Å². The normalized spacial score (nSPS) is 21.3. The van der Waals surface area contributed by atoms with Gasteiger partial charge in [-0.15, -0.1) is 0 Å². The molecule has 7 atom stereocenters. The van der Waals surface area contributed by atoms with Gasteiger partial charge in [-0.25, -0.2) is 0 Å². The number of carbonyl (C=O) groups excluding carboxylic acids is 1. The third-order valence-corrected chi connectivity index (χ3v) is 10.5. The van der Waals surface area contributed by atoms with Crippen LogP contribution in [0.4, 0.5) is 0 Å². The van der Waals surface area contributed by atoms with Crippen molar-refractivity contribution in [1.29, 1.82) is 0 Å². The first-order chi connectivity index (χ1) is 30.8. The van der Waals surface area contributed by atoms with Crippen LogP contribution in [-0.4, -0.2) is 87.5 Å². The Morgan fingerprint density at radius 2 is 0.984 bits per heavy atom. The molecule has 0 spiro atoms. The van der Waals surface area contributed by atoms with E-state index in [1.165, 1.54) is 19.3 Å². The van der Waals surface area contributed by atoms with E-state index in [0.717, 1.165) is 116 Å². The number of aliphatic hydroxyl groups excluding tert-OH is 5. The van der Waals surface area contributed by atoms with E-state index in [1.807, 2.05) is 6.08 Å². The van der Waals surface area contributed by atoms with Crippen LogP contribution < -0.4 is 5.32 Å². The van der Waals surface area contributed by atoms with Crippen molar-refractivity contribution in [3.63, 3.8) is 0 Å². The number of aliphatic hydroxyl groups is 5. The van der Waals surface area contributed by atoms with Crippen molar-refractivity contribution in [2.45, 2.75) is 198 Å². The van der Waals surface area contributed by atoms with Crippen molar-refractivity contribution in [2.24, 2.45) is 0 Å². The summed E-state index contributed by atoms with van der Waals surface area (Å²) in [5.41, 5.74) is 0. The highest BCUT2D eigenvalue weighted by atomic mass is 16.7. The number of unbranched alkanes of at least 4 members (excludes halogenated alkanes) is 10. The molecule has 0 saturated carbocycles. The molecule has 0 aromatic heterocycles. The number of ether oxygens (including phenoxy) is 2. The van der Waals surface area contributed by atoms with Crippen molar-refractivity contribution in [3.8, 4) is 0 Å². The molecular formula is C54H87NO8. The van der Waals surface area contributed by atoms with Crippen LogP contribution in [0.5, 0.6) is 0 Å². The van der Waals surface area contributed by atoms with Gasteiger partial charge in [-0.1, -0.05) is 180 Å². The van der Waals surface area contributed by atoms with Crippen LogP contribution >= 0.6 is 0 Å². The molecule has 7 unspecified atom stereocenters. The summed E-state index contributed by atoms with van der Waals surface area (Å²) >= 11 is 0. The summed E-state index contributed by atoms with van der Waals surface area (Å²) in [5, 5.41) is 53.7. The summed E-state index contributed by atoms with van der Waals surface area (Å²) in [6.07, 6.45) is 57.4. The van der Waals surface area contributed by atoms with Gasteiger partial charge in [-0.05, 0) is 89.9 Å². The average molecular weight is 878 g/mol. The van der Waals surface area contributed by atoms with Gasteiger partial charge in [0.05, 0.1) is 25.4 Å². The van der Waals surface area contributed by atoms with E-state index in [2.05, 4.69) is 129 Å². The number of hydrogen-bond acceptors (Lipinski definition) is 8. The minimum Gasteiger partial charge on any atom is -0.394 e. The van der Waals surface area contributed by atoms with Crippen LogP contribution in [0.25, 0.3) is 0 Å². The second kappa shape index (κ2) is 42.5. The van der Waals surface area contributed by atoms with Crippen molar-refractivity contribution in [1.82, 2.24) is 5.32 Å². The summed E-state index contributed by atoms with van der Waals surface area (Å²) in [5.74, 6) is -0.203. The highest BCUT2D eigenvalue weighted by Crippen LogP contribution is 2.22. The van der Waals surface area contributed by atoms with E-state index in [9.17, 15) is 30.3 Å².